The molecule has 0 aliphatic carbocycles. The lowest BCUT2D eigenvalue weighted by molar-refractivity contribution is -0.139. The first-order chi connectivity index (χ1) is 12.6. The monoisotopic (exact) mass is 351 g/mol. The molecule has 2 aromatic rings. The van der Waals surface area contributed by atoms with Crippen LogP contribution in [0.15, 0.2) is 54.1 Å². The van der Waals surface area contributed by atoms with E-state index in [-0.39, 0.29) is 18.8 Å². The van der Waals surface area contributed by atoms with Gasteiger partial charge in [-0.2, -0.15) is 5.26 Å². The van der Waals surface area contributed by atoms with Gasteiger partial charge in [-0.25, -0.2) is 4.79 Å². The summed E-state index contributed by atoms with van der Waals surface area (Å²) in [7, 11) is 0. The summed E-state index contributed by atoms with van der Waals surface area (Å²) in [6.45, 7) is 4.74. The number of nitriles is 1. The Labute approximate surface area is 153 Å². The van der Waals surface area contributed by atoms with Crippen molar-refractivity contribution in [2.45, 2.75) is 13.8 Å². The number of nitrogens with zero attached hydrogens (tertiary/aromatic N) is 1. The van der Waals surface area contributed by atoms with Gasteiger partial charge in [0.1, 0.15) is 36.4 Å². The molecule has 0 spiro atoms. The van der Waals surface area contributed by atoms with Crippen LogP contribution in [0.4, 0.5) is 0 Å². The molecule has 0 fully saturated rings. The summed E-state index contributed by atoms with van der Waals surface area (Å²) in [5.41, 5.74) is 1.74. The highest BCUT2D eigenvalue weighted by Crippen LogP contribution is 2.15. The highest BCUT2D eigenvalue weighted by Gasteiger charge is 2.10. The van der Waals surface area contributed by atoms with Crippen LogP contribution in [0.1, 0.15) is 18.1 Å². The lowest BCUT2D eigenvalue weighted by Gasteiger charge is -2.07. The molecule has 5 heteroatoms. The van der Waals surface area contributed by atoms with Crippen LogP contribution in [0.25, 0.3) is 6.08 Å². The normalized spacial score (nSPS) is 10.7. The summed E-state index contributed by atoms with van der Waals surface area (Å²) in [5, 5.41) is 9.19. The van der Waals surface area contributed by atoms with Crippen molar-refractivity contribution in [3.8, 4) is 17.6 Å². The van der Waals surface area contributed by atoms with Crippen LogP contribution in [0.3, 0.4) is 0 Å². The Morgan fingerprint density at radius 1 is 1.08 bits per heavy atom. The van der Waals surface area contributed by atoms with Gasteiger partial charge in [0.15, 0.2) is 0 Å². The maximum atomic E-state index is 12.0. The Morgan fingerprint density at radius 2 is 1.85 bits per heavy atom. The number of benzene rings is 2. The maximum absolute atomic E-state index is 12.0. The van der Waals surface area contributed by atoms with E-state index in [0.29, 0.717) is 12.4 Å². The second kappa shape index (κ2) is 9.90. The van der Waals surface area contributed by atoms with Gasteiger partial charge in [-0.1, -0.05) is 24.3 Å². The topological polar surface area (TPSA) is 68.5 Å². The molecule has 0 radical (unpaired) electrons. The quantitative estimate of drug-likeness (QED) is 0.312. The van der Waals surface area contributed by atoms with Gasteiger partial charge in [-0.3, -0.25) is 0 Å². The molecule has 0 saturated heterocycles. The van der Waals surface area contributed by atoms with Crippen molar-refractivity contribution in [3.05, 3.63) is 65.2 Å². The number of ether oxygens (including phenoxy) is 3. The van der Waals surface area contributed by atoms with E-state index >= 15 is 0 Å². The minimum absolute atomic E-state index is 0.0646. The Balaban J connectivity index is 1.86. The van der Waals surface area contributed by atoms with Gasteiger partial charge >= 0.3 is 5.97 Å². The highest BCUT2D eigenvalue weighted by molar-refractivity contribution is 5.97. The van der Waals surface area contributed by atoms with Gasteiger partial charge in [-0.15, -0.1) is 0 Å². The largest absolute Gasteiger partial charge is 0.494 e. The molecule has 5 nitrogen and oxygen atoms in total. The first-order valence-electron chi connectivity index (χ1n) is 8.33. The predicted octanol–water partition coefficient (Wildman–Crippen LogP) is 3.92. The molecule has 2 rings (SSSR count). The fourth-order valence-electron chi connectivity index (χ4n) is 2.21. The Kier molecular flexibility index (Phi) is 7.26. The van der Waals surface area contributed by atoms with Crippen LogP contribution >= 0.6 is 0 Å². The fraction of sp³-hybridized carbons (Fsp3) is 0.238. The third kappa shape index (κ3) is 5.99. The van der Waals surface area contributed by atoms with E-state index in [1.807, 2.05) is 44.2 Å². The zero-order valence-electron chi connectivity index (χ0n) is 14.9. The second-order valence-electron chi connectivity index (χ2n) is 5.47. The average Bonchev–Trinajstić information content (AvgIpc) is 2.65. The molecule has 134 valence electrons. The number of hydrogen-bond acceptors (Lipinski definition) is 5. The molecule has 0 N–H and O–H groups in total. The molecular weight excluding hydrogens is 330 g/mol. The summed E-state index contributed by atoms with van der Waals surface area (Å²) >= 11 is 0. The zero-order chi connectivity index (χ0) is 18.8. The molecule has 2 aromatic carbocycles. The SMILES string of the molecule is CCOc1ccc(/C=C(\C#N)C(=O)OCCOc2cccc(C)c2)cc1. The Bertz CT molecular complexity index is 804. The smallest absolute Gasteiger partial charge is 0.349 e. The van der Waals surface area contributed by atoms with Crippen molar-refractivity contribution < 1.29 is 19.0 Å². The Hall–Kier alpha value is -3.26. The van der Waals surface area contributed by atoms with Crippen LogP contribution < -0.4 is 9.47 Å². The highest BCUT2D eigenvalue weighted by atomic mass is 16.6. The molecule has 0 unspecified atom stereocenters. The molecule has 0 aromatic heterocycles. The van der Waals surface area contributed by atoms with E-state index in [1.165, 1.54) is 6.08 Å². The van der Waals surface area contributed by atoms with Gasteiger partial charge in [0, 0.05) is 0 Å². The van der Waals surface area contributed by atoms with Crippen LogP contribution in [-0.2, 0) is 9.53 Å². The van der Waals surface area contributed by atoms with Gasteiger partial charge in [0.05, 0.1) is 6.61 Å². The first-order valence-corrected chi connectivity index (χ1v) is 8.33. The number of carbonyl (C=O) groups excluding carboxylic acids is 1. The molecule has 0 bridgehead atoms. The fourth-order valence-corrected chi connectivity index (χ4v) is 2.21. The molecule has 0 aliphatic rings. The minimum atomic E-state index is -0.672. The standard InChI is InChI=1S/C21H21NO4/c1-3-24-19-9-7-17(8-10-19)14-18(15-22)21(23)26-12-11-25-20-6-4-5-16(2)13-20/h4-10,13-14H,3,11-12H2,1-2H3/b18-14+. The number of hydrogen-bond donors (Lipinski definition) is 0. The van der Waals surface area contributed by atoms with Crippen molar-refractivity contribution in [2.24, 2.45) is 0 Å². The van der Waals surface area contributed by atoms with Gasteiger partial charge < -0.3 is 14.2 Å². The minimum Gasteiger partial charge on any atom is -0.494 e. The number of carbonyl (C=O) groups is 1. The van der Waals surface area contributed by atoms with E-state index in [4.69, 9.17) is 14.2 Å². The summed E-state index contributed by atoms with van der Waals surface area (Å²) in [5.74, 6) is 0.778. The van der Waals surface area contributed by atoms with E-state index in [2.05, 4.69) is 0 Å². The van der Waals surface area contributed by atoms with Crippen molar-refractivity contribution >= 4 is 12.0 Å². The third-order valence-electron chi connectivity index (χ3n) is 3.42. The van der Waals surface area contributed by atoms with Crippen LogP contribution in [-0.4, -0.2) is 25.8 Å². The van der Waals surface area contributed by atoms with E-state index in [0.717, 1.165) is 16.9 Å². The number of esters is 1. The number of rotatable bonds is 8. The van der Waals surface area contributed by atoms with Gasteiger partial charge in [-0.05, 0) is 55.3 Å². The lowest BCUT2D eigenvalue weighted by atomic mass is 10.1. The molecule has 0 saturated carbocycles. The summed E-state index contributed by atoms with van der Waals surface area (Å²) in [4.78, 5) is 12.0. The maximum Gasteiger partial charge on any atom is 0.349 e. The van der Waals surface area contributed by atoms with Gasteiger partial charge in [0.25, 0.3) is 0 Å². The van der Waals surface area contributed by atoms with Crippen LogP contribution in [0, 0.1) is 18.3 Å². The van der Waals surface area contributed by atoms with E-state index in [1.54, 1.807) is 24.3 Å². The third-order valence-corrected chi connectivity index (χ3v) is 3.42. The van der Waals surface area contributed by atoms with Crippen molar-refractivity contribution in [2.75, 3.05) is 19.8 Å². The molecule has 0 amide bonds. The number of aryl methyl sites for hydroxylation is 1. The van der Waals surface area contributed by atoms with Crippen LogP contribution in [0.5, 0.6) is 11.5 Å². The molecule has 0 heterocycles. The summed E-state index contributed by atoms with van der Waals surface area (Å²) in [6, 6.07) is 16.6. The van der Waals surface area contributed by atoms with Crippen molar-refractivity contribution in [3.63, 3.8) is 0 Å². The average molecular weight is 351 g/mol. The van der Waals surface area contributed by atoms with Gasteiger partial charge in [0.2, 0.25) is 0 Å². The zero-order valence-corrected chi connectivity index (χ0v) is 14.9. The van der Waals surface area contributed by atoms with E-state index in [9.17, 15) is 10.1 Å². The Morgan fingerprint density at radius 3 is 2.50 bits per heavy atom. The molecule has 0 atom stereocenters. The molecule has 26 heavy (non-hydrogen) atoms. The second-order valence-corrected chi connectivity index (χ2v) is 5.47. The van der Waals surface area contributed by atoms with Crippen molar-refractivity contribution in [1.29, 1.82) is 5.26 Å². The molecular formula is C21H21NO4. The lowest BCUT2D eigenvalue weighted by Crippen LogP contribution is -2.13. The van der Waals surface area contributed by atoms with E-state index < -0.39 is 5.97 Å². The summed E-state index contributed by atoms with van der Waals surface area (Å²) < 4.78 is 16.0. The predicted molar refractivity (Wildman–Crippen MR) is 98.8 cm³/mol. The van der Waals surface area contributed by atoms with Crippen molar-refractivity contribution in [1.82, 2.24) is 0 Å². The van der Waals surface area contributed by atoms with Crippen LogP contribution in [0.2, 0.25) is 0 Å². The molecule has 0 aliphatic heterocycles. The first kappa shape index (κ1) is 19.1. The summed E-state index contributed by atoms with van der Waals surface area (Å²) in [6.07, 6.45) is 1.49.